The van der Waals surface area contributed by atoms with E-state index in [9.17, 15) is 8.78 Å². The Labute approximate surface area is 97.9 Å². The van der Waals surface area contributed by atoms with Gasteiger partial charge in [0.25, 0.3) is 5.92 Å². The van der Waals surface area contributed by atoms with Gasteiger partial charge >= 0.3 is 0 Å². The number of anilines is 1. The largest absolute Gasteiger partial charge is 0.340 e. The van der Waals surface area contributed by atoms with Gasteiger partial charge in [-0.25, -0.2) is 18.7 Å². The van der Waals surface area contributed by atoms with Crippen molar-refractivity contribution in [1.29, 1.82) is 0 Å². The monoisotopic (exact) mass is 235 g/mol. The van der Waals surface area contributed by atoms with Crippen LogP contribution >= 0.6 is 0 Å². The molecule has 1 saturated carbocycles. The number of alkyl halides is 2. The van der Waals surface area contributed by atoms with Crippen molar-refractivity contribution >= 4 is 5.95 Å². The van der Waals surface area contributed by atoms with E-state index in [2.05, 4.69) is 15.9 Å². The molecular weight excluding hydrogens is 224 g/mol. The minimum atomic E-state index is -2.48. The number of halogens is 2. The first kappa shape index (κ1) is 10.5. The van der Waals surface area contributed by atoms with Gasteiger partial charge in [-0.2, -0.15) is 0 Å². The molecule has 0 aromatic carbocycles. The minimum absolute atomic E-state index is 0.325. The lowest BCUT2D eigenvalue weighted by Crippen LogP contribution is -2.29. The van der Waals surface area contributed by atoms with Crippen LogP contribution in [0.15, 0.2) is 6.07 Å². The van der Waals surface area contributed by atoms with Gasteiger partial charge in [-0.1, -0.05) is 5.92 Å². The first-order valence-corrected chi connectivity index (χ1v) is 5.47. The van der Waals surface area contributed by atoms with E-state index < -0.39 is 17.8 Å². The zero-order valence-electron chi connectivity index (χ0n) is 9.32. The maximum atomic E-state index is 13.1. The van der Waals surface area contributed by atoms with Gasteiger partial charge in [0.2, 0.25) is 5.95 Å². The Balaban J connectivity index is 1.84. The summed E-state index contributed by atoms with van der Waals surface area (Å²) in [5.41, 5.74) is 1.26. The van der Waals surface area contributed by atoms with Crippen LogP contribution in [-0.4, -0.2) is 29.0 Å². The van der Waals surface area contributed by atoms with Crippen LogP contribution in [0, 0.1) is 31.1 Å². The second-order valence-corrected chi connectivity index (χ2v) is 4.63. The summed E-state index contributed by atoms with van der Waals surface area (Å²) in [4.78, 5) is 10.2. The molecule has 2 aliphatic rings. The van der Waals surface area contributed by atoms with Crippen LogP contribution in [0.4, 0.5) is 14.7 Å². The molecule has 5 heteroatoms. The fourth-order valence-electron chi connectivity index (χ4n) is 2.44. The van der Waals surface area contributed by atoms with Crippen LogP contribution in [0.3, 0.4) is 0 Å². The number of hydrogen-bond donors (Lipinski definition) is 0. The molecule has 0 N–H and O–H groups in total. The lowest BCUT2D eigenvalue weighted by Gasteiger charge is -2.19. The molecule has 3 rings (SSSR count). The SMILES string of the molecule is C#Cc1cc(C)nc(N2CC3C(C2)C3(F)F)n1. The predicted molar refractivity (Wildman–Crippen MR) is 58.8 cm³/mol. The van der Waals surface area contributed by atoms with Crippen molar-refractivity contribution in [2.75, 3.05) is 18.0 Å². The molecule has 1 saturated heterocycles. The van der Waals surface area contributed by atoms with Crippen molar-refractivity contribution in [3.8, 4) is 12.3 Å². The third kappa shape index (κ3) is 1.47. The summed E-state index contributed by atoms with van der Waals surface area (Å²) in [5, 5.41) is 0. The van der Waals surface area contributed by atoms with Gasteiger partial charge in [0.15, 0.2) is 0 Å². The van der Waals surface area contributed by atoms with E-state index >= 15 is 0 Å². The molecule has 0 radical (unpaired) electrons. The standard InChI is InChI=1S/C12H11F2N3/c1-3-8-4-7(2)15-11(16-8)17-5-9-10(6-17)12(9,13)14/h1,4,9-10H,5-6H2,2H3. The number of hydrogen-bond acceptors (Lipinski definition) is 3. The summed E-state index contributed by atoms with van der Waals surface area (Å²) in [6.07, 6.45) is 5.29. The summed E-state index contributed by atoms with van der Waals surface area (Å²) in [5.74, 6) is -0.613. The van der Waals surface area contributed by atoms with Crippen molar-refractivity contribution in [3.05, 3.63) is 17.5 Å². The molecule has 3 nitrogen and oxygen atoms in total. The molecule has 88 valence electrons. The fraction of sp³-hybridized carbons (Fsp3) is 0.500. The molecule has 2 heterocycles. The number of nitrogens with zero attached hydrogens (tertiary/aromatic N) is 3. The van der Waals surface area contributed by atoms with Crippen LogP contribution in [0.1, 0.15) is 11.4 Å². The van der Waals surface area contributed by atoms with E-state index in [1.807, 2.05) is 6.92 Å². The molecule has 1 aromatic heterocycles. The maximum Gasteiger partial charge on any atom is 0.258 e. The predicted octanol–water partition coefficient (Wildman–Crippen LogP) is 1.47. The Kier molecular flexibility index (Phi) is 1.94. The van der Waals surface area contributed by atoms with Crippen molar-refractivity contribution < 1.29 is 8.78 Å². The number of piperidine rings is 1. The third-order valence-corrected chi connectivity index (χ3v) is 3.47. The highest BCUT2D eigenvalue weighted by molar-refractivity contribution is 5.41. The molecule has 1 aliphatic carbocycles. The van der Waals surface area contributed by atoms with Crippen molar-refractivity contribution in [2.24, 2.45) is 11.8 Å². The molecule has 1 aliphatic heterocycles. The summed E-state index contributed by atoms with van der Waals surface area (Å²) in [7, 11) is 0. The topological polar surface area (TPSA) is 29.0 Å². The number of rotatable bonds is 1. The Hall–Kier alpha value is -1.70. The van der Waals surface area contributed by atoms with E-state index in [1.165, 1.54) is 0 Å². The van der Waals surface area contributed by atoms with E-state index in [0.29, 0.717) is 24.7 Å². The lowest BCUT2D eigenvalue weighted by atomic mass is 10.3. The number of fused-ring (bicyclic) bond motifs is 1. The van der Waals surface area contributed by atoms with Crippen molar-refractivity contribution in [1.82, 2.24) is 9.97 Å². The Morgan fingerprint density at radius 3 is 2.65 bits per heavy atom. The second kappa shape index (κ2) is 3.16. The molecule has 0 bridgehead atoms. The number of aromatic nitrogens is 2. The zero-order valence-corrected chi connectivity index (χ0v) is 9.32. The average molecular weight is 235 g/mol. The Morgan fingerprint density at radius 2 is 2.06 bits per heavy atom. The quantitative estimate of drug-likeness (QED) is 0.690. The highest BCUT2D eigenvalue weighted by Gasteiger charge is 2.71. The fourth-order valence-corrected chi connectivity index (χ4v) is 2.44. The van der Waals surface area contributed by atoms with Crippen LogP contribution in [0.2, 0.25) is 0 Å². The molecule has 17 heavy (non-hydrogen) atoms. The lowest BCUT2D eigenvalue weighted by molar-refractivity contribution is 0.0796. The van der Waals surface area contributed by atoms with Gasteiger partial charge in [0.1, 0.15) is 5.69 Å². The van der Waals surface area contributed by atoms with E-state index in [0.717, 1.165) is 5.69 Å². The highest BCUT2D eigenvalue weighted by Crippen LogP contribution is 2.59. The first-order chi connectivity index (χ1) is 8.02. The molecule has 2 atom stereocenters. The summed E-state index contributed by atoms with van der Waals surface area (Å²) in [6, 6.07) is 1.70. The van der Waals surface area contributed by atoms with Crippen LogP contribution in [0.5, 0.6) is 0 Å². The molecule has 0 amide bonds. The van der Waals surface area contributed by atoms with Gasteiger partial charge in [0, 0.05) is 18.8 Å². The number of aryl methyl sites for hydroxylation is 1. The van der Waals surface area contributed by atoms with Gasteiger partial charge in [0.05, 0.1) is 11.8 Å². The first-order valence-electron chi connectivity index (χ1n) is 5.47. The summed E-state index contributed by atoms with van der Waals surface area (Å²) in [6.45, 7) is 2.47. The molecule has 2 unspecified atom stereocenters. The number of terminal acetylenes is 1. The third-order valence-electron chi connectivity index (χ3n) is 3.47. The zero-order chi connectivity index (χ0) is 12.2. The van der Waals surface area contributed by atoms with Crippen molar-refractivity contribution in [3.63, 3.8) is 0 Å². The Morgan fingerprint density at radius 1 is 1.41 bits per heavy atom. The van der Waals surface area contributed by atoms with Crippen molar-refractivity contribution in [2.45, 2.75) is 12.8 Å². The normalized spacial score (nSPS) is 28.7. The van der Waals surface area contributed by atoms with E-state index in [1.54, 1.807) is 11.0 Å². The molecule has 0 spiro atoms. The van der Waals surface area contributed by atoms with Crippen LogP contribution in [0.25, 0.3) is 0 Å². The second-order valence-electron chi connectivity index (χ2n) is 4.63. The van der Waals surface area contributed by atoms with Gasteiger partial charge in [-0.3, -0.25) is 0 Å². The highest BCUT2D eigenvalue weighted by atomic mass is 19.3. The van der Waals surface area contributed by atoms with Crippen LogP contribution in [-0.2, 0) is 0 Å². The summed E-state index contributed by atoms with van der Waals surface area (Å²) < 4.78 is 26.1. The average Bonchev–Trinajstić information content (AvgIpc) is 2.70. The van der Waals surface area contributed by atoms with Gasteiger partial charge in [-0.15, -0.1) is 6.42 Å². The van der Waals surface area contributed by atoms with Gasteiger partial charge in [-0.05, 0) is 13.0 Å². The van der Waals surface area contributed by atoms with Gasteiger partial charge < -0.3 is 4.90 Å². The maximum absolute atomic E-state index is 13.1. The summed E-state index contributed by atoms with van der Waals surface area (Å²) >= 11 is 0. The smallest absolute Gasteiger partial charge is 0.258 e. The molecule has 1 aromatic rings. The van der Waals surface area contributed by atoms with E-state index in [-0.39, 0.29) is 0 Å². The molecular formula is C12H11F2N3. The molecule has 2 fully saturated rings. The Bertz CT molecular complexity index is 507. The minimum Gasteiger partial charge on any atom is -0.340 e. The van der Waals surface area contributed by atoms with E-state index in [4.69, 9.17) is 6.42 Å². The van der Waals surface area contributed by atoms with Crippen LogP contribution < -0.4 is 4.90 Å².